The van der Waals surface area contributed by atoms with Gasteiger partial charge in [-0.3, -0.25) is 9.59 Å². The smallest absolute Gasteiger partial charge is 0.228 e. The zero-order valence-electron chi connectivity index (χ0n) is 19.1. The third-order valence-corrected chi connectivity index (χ3v) is 6.30. The Labute approximate surface area is 192 Å². The summed E-state index contributed by atoms with van der Waals surface area (Å²) < 4.78 is 1.67. The fourth-order valence-electron chi connectivity index (χ4n) is 4.30. The Balaban J connectivity index is 1.32. The standard InChI is InChI=1S/C24H27N7O2/c1-15-4-6-21(26-13-15)29-24(33)18-8-10-30(11-9-18)22(32)7-5-20-16(2)28-23-19(12-25)14-27-31(23)17(20)3/h4,6,13-14,18H,5,7-11H2,1-3H3,(H,26,29,33). The SMILES string of the molecule is Cc1ccc(NC(=O)C2CCN(C(=O)CCc3c(C)nc4c(C#N)cnn4c3C)CC2)nc1. The number of anilines is 1. The molecule has 33 heavy (non-hydrogen) atoms. The molecule has 4 heterocycles. The zero-order chi connectivity index (χ0) is 23.5. The van der Waals surface area contributed by atoms with Gasteiger partial charge in [-0.05, 0) is 57.2 Å². The summed E-state index contributed by atoms with van der Waals surface area (Å²) in [5.74, 6) is 0.466. The first-order chi connectivity index (χ1) is 15.9. The zero-order valence-corrected chi connectivity index (χ0v) is 19.1. The van der Waals surface area contributed by atoms with Gasteiger partial charge in [0.1, 0.15) is 17.5 Å². The number of carbonyl (C=O) groups excluding carboxylic acids is 2. The molecule has 0 spiro atoms. The quantitative estimate of drug-likeness (QED) is 0.645. The van der Waals surface area contributed by atoms with Crippen molar-refractivity contribution in [3.05, 3.63) is 52.6 Å². The molecule has 170 valence electrons. The van der Waals surface area contributed by atoms with Crippen LogP contribution < -0.4 is 5.32 Å². The number of pyridine rings is 1. The molecule has 0 saturated carbocycles. The van der Waals surface area contributed by atoms with E-state index in [1.807, 2.05) is 31.7 Å². The molecule has 1 fully saturated rings. The molecule has 3 aromatic rings. The number of nitrogens with one attached hydrogen (secondary N) is 1. The van der Waals surface area contributed by atoms with E-state index in [4.69, 9.17) is 0 Å². The predicted molar refractivity (Wildman–Crippen MR) is 122 cm³/mol. The average molecular weight is 446 g/mol. The van der Waals surface area contributed by atoms with Crippen LogP contribution in [0.4, 0.5) is 5.82 Å². The maximum atomic E-state index is 12.8. The number of carbonyl (C=O) groups is 2. The van der Waals surface area contributed by atoms with Gasteiger partial charge in [0.05, 0.1) is 6.20 Å². The molecule has 2 amide bonds. The predicted octanol–water partition coefficient (Wildman–Crippen LogP) is 2.73. The topological polar surface area (TPSA) is 116 Å². The highest BCUT2D eigenvalue weighted by atomic mass is 16.2. The third kappa shape index (κ3) is 4.70. The van der Waals surface area contributed by atoms with Crippen LogP contribution in [0.15, 0.2) is 24.5 Å². The number of aryl methyl sites for hydroxylation is 3. The lowest BCUT2D eigenvalue weighted by molar-refractivity contribution is -0.134. The molecule has 1 aliphatic rings. The van der Waals surface area contributed by atoms with E-state index in [0.29, 0.717) is 55.8 Å². The molecule has 0 atom stereocenters. The van der Waals surface area contributed by atoms with Gasteiger partial charge in [-0.25, -0.2) is 14.5 Å². The highest BCUT2D eigenvalue weighted by Crippen LogP contribution is 2.22. The lowest BCUT2D eigenvalue weighted by atomic mass is 9.95. The molecule has 1 aliphatic heterocycles. The summed E-state index contributed by atoms with van der Waals surface area (Å²) in [5.41, 5.74) is 4.70. The van der Waals surface area contributed by atoms with Gasteiger partial charge in [0.25, 0.3) is 0 Å². The summed E-state index contributed by atoms with van der Waals surface area (Å²) in [7, 11) is 0. The Morgan fingerprint density at radius 3 is 2.61 bits per heavy atom. The van der Waals surface area contributed by atoms with Crippen molar-refractivity contribution < 1.29 is 9.59 Å². The highest BCUT2D eigenvalue weighted by molar-refractivity contribution is 5.91. The van der Waals surface area contributed by atoms with E-state index >= 15 is 0 Å². The number of piperidine rings is 1. The molecule has 9 nitrogen and oxygen atoms in total. The summed E-state index contributed by atoms with van der Waals surface area (Å²) in [5, 5.41) is 16.3. The van der Waals surface area contributed by atoms with Crippen molar-refractivity contribution in [2.75, 3.05) is 18.4 Å². The van der Waals surface area contributed by atoms with Crippen molar-refractivity contribution in [1.29, 1.82) is 5.26 Å². The minimum Gasteiger partial charge on any atom is -0.343 e. The van der Waals surface area contributed by atoms with Gasteiger partial charge < -0.3 is 10.2 Å². The van der Waals surface area contributed by atoms with E-state index in [0.717, 1.165) is 22.5 Å². The normalized spacial score (nSPS) is 14.3. The van der Waals surface area contributed by atoms with Crippen molar-refractivity contribution in [2.45, 2.75) is 46.5 Å². The number of fused-ring (bicyclic) bond motifs is 1. The summed E-state index contributed by atoms with van der Waals surface area (Å²) in [6, 6.07) is 5.82. The van der Waals surface area contributed by atoms with Crippen LogP contribution in [-0.2, 0) is 16.0 Å². The van der Waals surface area contributed by atoms with Gasteiger partial charge in [-0.15, -0.1) is 0 Å². The molecule has 9 heteroatoms. The van der Waals surface area contributed by atoms with Crippen molar-refractivity contribution in [3.8, 4) is 6.07 Å². The molecule has 1 saturated heterocycles. The summed E-state index contributed by atoms with van der Waals surface area (Å²) in [4.78, 5) is 36.0. The summed E-state index contributed by atoms with van der Waals surface area (Å²) >= 11 is 0. The molecule has 0 bridgehead atoms. The van der Waals surface area contributed by atoms with E-state index in [9.17, 15) is 14.9 Å². The van der Waals surface area contributed by atoms with Gasteiger partial charge in [-0.2, -0.15) is 10.4 Å². The number of hydrogen-bond acceptors (Lipinski definition) is 6. The van der Waals surface area contributed by atoms with Crippen molar-refractivity contribution in [1.82, 2.24) is 24.5 Å². The molecule has 0 unspecified atom stereocenters. The second-order valence-corrected chi connectivity index (χ2v) is 8.53. The van der Waals surface area contributed by atoms with Gasteiger partial charge in [-0.1, -0.05) is 6.07 Å². The van der Waals surface area contributed by atoms with Gasteiger partial charge in [0.15, 0.2) is 5.65 Å². The minimum atomic E-state index is -0.123. The average Bonchev–Trinajstić information content (AvgIpc) is 3.23. The third-order valence-electron chi connectivity index (χ3n) is 6.30. The van der Waals surface area contributed by atoms with Crippen LogP contribution in [0.2, 0.25) is 0 Å². The van der Waals surface area contributed by atoms with Crippen molar-refractivity contribution in [2.24, 2.45) is 5.92 Å². The molecule has 0 aliphatic carbocycles. The second kappa shape index (κ2) is 9.36. The molecule has 1 N–H and O–H groups in total. The van der Waals surface area contributed by atoms with E-state index in [1.165, 1.54) is 6.20 Å². The lowest BCUT2D eigenvalue weighted by Crippen LogP contribution is -2.41. The minimum absolute atomic E-state index is 0.0416. The molecular weight excluding hydrogens is 418 g/mol. The molecular formula is C24H27N7O2. The molecule has 0 radical (unpaired) electrons. The first kappa shape index (κ1) is 22.4. The Hall–Kier alpha value is -3.80. The fourth-order valence-corrected chi connectivity index (χ4v) is 4.30. The Morgan fingerprint density at radius 1 is 1.18 bits per heavy atom. The largest absolute Gasteiger partial charge is 0.343 e. The van der Waals surface area contributed by atoms with E-state index in [-0.39, 0.29) is 17.7 Å². The van der Waals surface area contributed by atoms with Gasteiger partial charge in [0.2, 0.25) is 11.8 Å². The Bertz CT molecular complexity index is 1230. The molecule has 3 aromatic heterocycles. The van der Waals surface area contributed by atoms with Crippen LogP contribution in [0.25, 0.3) is 5.65 Å². The van der Waals surface area contributed by atoms with E-state index in [2.05, 4.69) is 26.5 Å². The van der Waals surface area contributed by atoms with Crippen LogP contribution in [0, 0.1) is 38.0 Å². The summed E-state index contributed by atoms with van der Waals surface area (Å²) in [6.07, 6.45) is 5.44. The monoisotopic (exact) mass is 445 g/mol. The number of hydrogen-bond donors (Lipinski definition) is 1. The van der Waals surface area contributed by atoms with Crippen LogP contribution in [0.1, 0.15) is 47.3 Å². The molecule has 0 aromatic carbocycles. The van der Waals surface area contributed by atoms with Crippen LogP contribution in [-0.4, -0.2) is 49.4 Å². The van der Waals surface area contributed by atoms with Crippen molar-refractivity contribution in [3.63, 3.8) is 0 Å². The van der Waals surface area contributed by atoms with Crippen molar-refractivity contribution >= 4 is 23.3 Å². The maximum absolute atomic E-state index is 12.8. The first-order valence-corrected chi connectivity index (χ1v) is 11.1. The number of nitriles is 1. The number of amides is 2. The van der Waals surface area contributed by atoms with Gasteiger partial charge >= 0.3 is 0 Å². The number of likely N-dealkylation sites (tertiary alicyclic amines) is 1. The Morgan fingerprint density at radius 2 is 1.94 bits per heavy atom. The fraction of sp³-hybridized carbons (Fsp3) is 0.417. The Kier molecular flexibility index (Phi) is 6.36. The van der Waals surface area contributed by atoms with E-state index in [1.54, 1.807) is 16.8 Å². The number of aromatic nitrogens is 4. The van der Waals surface area contributed by atoms with Crippen LogP contribution in [0.3, 0.4) is 0 Å². The maximum Gasteiger partial charge on any atom is 0.228 e. The van der Waals surface area contributed by atoms with Crippen LogP contribution >= 0.6 is 0 Å². The van der Waals surface area contributed by atoms with E-state index < -0.39 is 0 Å². The van der Waals surface area contributed by atoms with Gasteiger partial charge in [0, 0.05) is 43.0 Å². The summed E-state index contributed by atoms with van der Waals surface area (Å²) in [6.45, 7) is 6.91. The number of rotatable bonds is 5. The first-order valence-electron chi connectivity index (χ1n) is 11.1. The lowest BCUT2D eigenvalue weighted by Gasteiger charge is -2.31. The van der Waals surface area contributed by atoms with Crippen LogP contribution in [0.5, 0.6) is 0 Å². The second-order valence-electron chi connectivity index (χ2n) is 8.53. The number of nitrogens with zero attached hydrogens (tertiary/aromatic N) is 6. The highest BCUT2D eigenvalue weighted by Gasteiger charge is 2.27. The molecule has 4 rings (SSSR count).